The van der Waals surface area contributed by atoms with Crippen molar-refractivity contribution in [3.63, 3.8) is 0 Å². The summed E-state index contributed by atoms with van der Waals surface area (Å²) in [5.41, 5.74) is 13.7. The topological polar surface area (TPSA) is 76.3 Å². The van der Waals surface area contributed by atoms with E-state index in [4.69, 9.17) is 20.0 Å². The standard InChI is InChI=1S/C39H34N6/c1-26-19-28(3)38(42-24-32-11-9-15-36(44-32)34-13-5-7-17-40-34)30(21-26)23-31-22-27(2)20-29(4)39(31)43-25-33-12-10-16-37(45-33)35-14-6-8-18-41-35/h5-22,24-25H,23H2,1-4H3. The van der Waals surface area contributed by atoms with Gasteiger partial charge in [0.05, 0.1) is 58.0 Å². The van der Waals surface area contributed by atoms with Gasteiger partial charge in [-0.15, -0.1) is 0 Å². The molecule has 0 fully saturated rings. The Morgan fingerprint density at radius 2 is 0.956 bits per heavy atom. The average Bonchev–Trinajstić information content (AvgIpc) is 3.05. The fourth-order valence-electron chi connectivity index (χ4n) is 5.56. The fourth-order valence-corrected chi connectivity index (χ4v) is 5.56. The normalized spacial score (nSPS) is 11.5. The van der Waals surface area contributed by atoms with Crippen LogP contribution in [0, 0.1) is 27.7 Å². The zero-order chi connectivity index (χ0) is 31.2. The highest BCUT2D eigenvalue weighted by Crippen LogP contribution is 2.33. The zero-order valence-electron chi connectivity index (χ0n) is 25.9. The van der Waals surface area contributed by atoms with Crippen LogP contribution in [0.15, 0.2) is 119 Å². The number of pyridine rings is 4. The molecule has 4 aromatic heterocycles. The minimum Gasteiger partial charge on any atom is -0.255 e. The van der Waals surface area contributed by atoms with Crippen LogP contribution in [0.25, 0.3) is 22.8 Å². The van der Waals surface area contributed by atoms with Crippen molar-refractivity contribution in [1.29, 1.82) is 0 Å². The first-order valence-corrected chi connectivity index (χ1v) is 15.0. The summed E-state index contributed by atoms with van der Waals surface area (Å²) in [6.45, 7) is 8.48. The predicted octanol–water partition coefficient (Wildman–Crippen LogP) is 8.93. The van der Waals surface area contributed by atoms with Crippen molar-refractivity contribution < 1.29 is 0 Å². The van der Waals surface area contributed by atoms with Crippen LogP contribution in [0.3, 0.4) is 0 Å². The molecular weight excluding hydrogens is 552 g/mol. The number of aromatic nitrogens is 4. The Hall–Kier alpha value is -5.62. The molecule has 0 saturated heterocycles. The van der Waals surface area contributed by atoms with Crippen molar-refractivity contribution >= 4 is 23.8 Å². The summed E-state index contributed by atoms with van der Waals surface area (Å²) in [5.74, 6) is 0. The lowest BCUT2D eigenvalue weighted by Crippen LogP contribution is -1.97. The van der Waals surface area contributed by atoms with E-state index in [1.807, 2.05) is 85.2 Å². The molecule has 0 atom stereocenters. The van der Waals surface area contributed by atoms with Gasteiger partial charge in [0.1, 0.15) is 0 Å². The average molecular weight is 587 g/mol. The summed E-state index contributed by atoms with van der Waals surface area (Å²) in [7, 11) is 0. The van der Waals surface area contributed by atoms with Gasteiger partial charge in [0.2, 0.25) is 0 Å². The van der Waals surface area contributed by atoms with E-state index in [2.05, 4.69) is 61.9 Å². The lowest BCUT2D eigenvalue weighted by molar-refractivity contribution is 1.13. The van der Waals surface area contributed by atoms with E-state index in [0.29, 0.717) is 6.42 Å². The first kappa shape index (κ1) is 29.5. The second-order valence-electron chi connectivity index (χ2n) is 11.2. The molecule has 0 aliphatic carbocycles. The maximum Gasteiger partial charge on any atom is 0.0894 e. The molecule has 0 aliphatic rings. The Balaban J connectivity index is 1.33. The van der Waals surface area contributed by atoms with Gasteiger partial charge in [-0.05, 0) is 98.5 Å². The SMILES string of the molecule is Cc1cc(C)c(N=Cc2cccc(-c3ccccn3)n2)c(Cc2cc(C)cc(C)c2N=Cc2cccc(-c3ccccn3)n2)c1. The molecule has 6 heteroatoms. The van der Waals surface area contributed by atoms with Crippen LogP contribution in [0.2, 0.25) is 0 Å². The molecule has 0 N–H and O–H groups in total. The molecule has 220 valence electrons. The van der Waals surface area contributed by atoms with Gasteiger partial charge < -0.3 is 0 Å². The van der Waals surface area contributed by atoms with E-state index in [1.54, 1.807) is 12.4 Å². The molecule has 45 heavy (non-hydrogen) atoms. The van der Waals surface area contributed by atoms with Crippen LogP contribution < -0.4 is 0 Å². The van der Waals surface area contributed by atoms with Gasteiger partial charge in [-0.2, -0.15) is 0 Å². The highest BCUT2D eigenvalue weighted by atomic mass is 14.8. The van der Waals surface area contributed by atoms with Gasteiger partial charge in [0.15, 0.2) is 0 Å². The van der Waals surface area contributed by atoms with Gasteiger partial charge in [0, 0.05) is 18.8 Å². The number of nitrogens with zero attached hydrogens (tertiary/aromatic N) is 6. The number of benzene rings is 2. The Bertz CT molecular complexity index is 1870. The molecule has 6 rings (SSSR count). The van der Waals surface area contributed by atoms with Crippen molar-refractivity contribution in [2.24, 2.45) is 9.98 Å². The first-order valence-electron chi connectivity index (χ1n) is 15.0. The van der Waals surface area contributed by atoms with E-state index in [1.165, 1.54) is 11.1 Å². The van der Waals surface area contributed by atoms with Crippen LogP contribution in [0.1, 0.15) is 44.8 Å². The monoisotopic (exact) mass is 586 g/mol. The number of hydrogen-bond acceptors (Lipinski definition) is 6. The van der Waals surface area contributed by atoms with Crippen LogP contribution in [0.5, 0.6) is 0 Å². The Kier molecular flexibility index (Phi) is 8.74. The molecule has 0 radical (unpaired) electrons. The molecular formula is C39H34N6. The van der Waals surface area contributed by atoms with Crippen LogP contribution in [0.4, 0.5) is 11.4 Å². The molecule has 6 nitrogen and oxygen atoms in total. The smallest absolute Gasteiger partial charge is 0.0894 e. The van der Waals surface area contributed by atoms with Crippen LogP contribution in [-0.2, 0) is 6.42 Å². The Morgan fingerprint density at radius 3 is 1.38 bits per heavy atom. The summed E-state index contributed by atoms with van der Waals surface area (Å²) in [6.07, 6.45) is 7.93. The summed E-state index contributed by atoms with van der Waals surface area (Å²) in [6, 6.07) is 32.3. The Morgan fingerprint density at radius 1 is 0.511 bits per heavy atom. The second kappa shape index (κ2) is 13.3. The minimum atomic E-state index is 0.688. The molecule has 0 saturated carbocycles. The van der Waals surface area contributed by atoms with Crippen molar-refractivity contribution in [1.82, 2.24) is 19.9 Å². The van der Waals surface area contributed by atoms with Gasteiger partial charge in [0.25, 0.3) is 0 Å². The third kappa shape index (κ3) is 7.13. The third-order valence-corrected chi connectivity index (χ3v) is 7.48. The third-order valence-electron chi connectivity index (χ3n) is 7.48. The van der Waals surface area contributed by atoms with Gasteiger partial charge in [-0.3, -0.25) is 20.0 Å². The summed E-state index contributed by atoms with van der Waals surface area (Å²) in [5, 5.41) is 0. The van der Waals surface area contributed by atoms with Crippen LogP contribution >= 0.6 is 0 Å². The number of aliphatic imine (C=N–C) groups is 2. The van der Waals surface area contributed by atoms with E-state index in [0.717, 1.165) is 67.8 Å². The maximum atomic E-state index is 4.99. The molecule has 0 amide bonds. The zero-order valence-corrected chi connectivity index (χ0v) is 25.9. The summed E-state index contributed by atoms with van der Waals surface area (Å²) >= 11 is 0. The van der Waals surface area contributed by atoms with Gasteiger partial charge in [-0.25, -0.2) is 9.97 Å². The van der Waals surface area contributed by atoms with E-state index in [-0.39, 0.29) is 0 Å². The number of hydrogen-bond donors (Lipinski definition) is 0. The molecule has 2 aromatic carbocycles. The quantitative estimate of drug-likeness (QED) is 0.167. The van der Waals surface area contributed by atoms with Crippen molar-refractivity contribution in [2.75, 3.05) is 0 Å². The molecule has 0 bridgehead atoms. The molecule has 0 spiro atoms. The number of rotatable bonds is 8. The van der Waals surface area contributed by atoms with Gasteiger partial charge in [-0.1, -0.05) is 59.7 Å². The van der Waals surface area contributed by atoms with Crippen molar-refractivity contribution in [3.05, 3.63) is 154 Å². The second-order valence-corrected chi connectivity index (χ2v) is 11.2. The first-order chi connectivity index (χ1) is 21.9. The highest BCUT2D eigenvalue weighted by molar-refractivity contribution is 5.83. The fraction of sp³-hybridized carbons (Fsp3) is 0.128. The van der Waals surface area contributed by atoms with Crippen LogP contribution in [-0.4, -0.2) is 32.4 Å². The predicted molar refractivity (Wildman–Crippen MR) is 184 cm³/mol. The van der Waals surface area contributed by atoms with E-state index < -0.39 is 0 Å². The molecule has 0 aliphatic heterocycles. The lowest BCUT2D eigenvalue weighted by atomic mass is 9.94. The molecule has 0 unspecified atom stereocenters. The van der Waals surface area contributed by atoms with E-state index >= 15 is 0 Å². The van der Waals surface area contributed by atoms with Crippen molar-refractivity contribution in [3.8, 4) is 22.8 Å². The minimum absolute atomic E-state index is 0.688. The summed E-state index contributed by atoms with van der Waals surface area (Å²) < 4.78 is 0. The maximum absolute atomic E-state index is 4.99. The van der Waals surface area contributed by atoms with E-state index in [9.17, 15) is 0 Å². The number of aryl methyl sites for hydroxylation is 4. The lowest BCUT2D eigenvalue weighted by Gasteiger charge is -2.14. The van der Waals surface area contributed by atoms with Gasteiger partial charge >= 0.3 is 0 Å². The molecule has 6 aromatic rings. The van der Waals surface area contributed by atoms with Crippen molar-refractivity contribution in [2.45, 2.75) is 34.1 Å². The largest absolute Gasteiger partial charge is 0.255 e. The summed E-state index contributed by atoms with van der Waals surface area (Å²) in [4.78, 5) is 28.5. The highest BCUT2D eigenvalue weighted by Gasteiger charge is 2.13. The Labute approximate surface area is 264 Å². The molecule has 4 heterocycles.